The van der Waals surface area contributed by atoms with E-state index < -0.39 is 12.6 Å². The molecular formula is C22H18FN5O3. The summed E-state index contributed by atoms with van der Waals surface area (Å²) < 4.78 is 22.0. The van der Waals surface area contributed by atoms with Crippen molar-refractivity contribution in [1.82, 2.24) is 24.8 Å². The van der Waals surface area contributed by atoms with E-state index in [9.17, 15) is 14.0 Å². The number of benzene rings is 2. The molecule has 0 unspecified atom stereocenters. The Balaban J connectivity index is 1.45. The van der Waals surface area contributed by atoms with Crippen LogP contribution in [0.25, 0.3) is 11.4 Å². The highest BCUT2D eigenvalue weighted by Gasteiger charge is 2.19. The smallest absolute Gasteiger partial charge is 0.338 e. The number of nitrogens with zero attached hydrogens (tertiary/aromatic N) is 5. The van der Waals surface area contributed by atoms with E-state index >= 15 is 0 Å². The van der Waals surface area contributed by atoms with Crippen LogP contribution < -0.4 is 0 Å². The van der Waals surface area contributed by atoms with Gasteiger partial charge in [-0.1, -0.05) is 6.07 Å². The summed E-state index contributed by atoms with van der Waals surface area (Å²) in [6.45, 7) is 3.19. The monoisotopic (exact) mass is 419 g/mol. The van der Waals surface area contributed by atoms with Crippen LogP contribution in [0.4, 0.5) is 4.39 Å². The number of ketones is 1. The number of esters is 1. The fourth-order valence-corrected chi connectivity index (χ4v) is 3.38. The van der Waals surface area contributed by atoms with Gasteiger partial charge in [-0.05, 0) is 72.8 Å². The third kappa shape index (κ3) is 4.11. The fourth-order valence-electron chi connectivity index (χ4n) is 3.38. The van der Waals surface area contributed by atoms with Crippen molar-refractivity contribution in [2.75, 3.05) is 6.61 Å². The number of Topliss-reactive ketones (excluding diaryl/α,β-unsaturated/α-hetero) is 1. The van der Waals surface area contributed by atoms with E-state index in [4.69, 9.17) is 4.74 Å². The van der Waals surface area contributed by atoms with Crippen molar-refractivity contribution in [2.45, 2.75) is 13.8 Å². The van der Waals surface area contributed by atoms with E-state index in [0.717, 1.165) is 5.69 Å². The van der Waals surface area contributed by atoms with E-state index in [2.05, 4.69) is 15.5 Å². The summed E-state index contributed by atoms with van der Waals surface area (Å²) in [5.41, 5.74) is 3.44. The number of aromatic nitrogens is 5. The van der Waals surface area contributed by atoms with Crippen LogP contribution in [0.3, 0.4) is 0 Å². The minimum atomic E-state index is -0.615. The van der Waals surface area contributed by atoms with E-state index in [0.29, 0.717) is 28.2 Å². The Bertz CT molecular complexity index is 1250. The van der Waals surface area contributed by atoms with Crippen LogP contribution in [0.15, 0.2) is 60.9 Å². The molecule has 0 atom stereocenters. The maximum atomic E-state index is 13.6. The first-order valence-corrected chi connectivity index (χ1v) is 9.42. The Morgan fingerprint density at radius 2 is 1.81 bits per heavy atom. The number of rotatable bonds is 6. The molecule has 0 amide bonds. The van der Waals surface area contributed by atoms with E-state index in [-0.39, 0.29) is 11.6 Å². The first-order valence-electron chi connectivity index (χ1n) is 9.42. The Hall–Kier alpha value is -4.14. The number of hydrogen-bond donors (Lipinski definition) is 0. The molecular weight excluding hydrogens is 401 g/mol. The van der Waals surface area contributed by atoms with Crippen molar-refractivity contribution in [1.29, 1.82) is 0 Å². The van der Waals surface area contributed by atoms with Gasteiger partial charge >= 0.3 is 5.97 Å². The Morgan fingerprint density at radius 3 is 2.48 bits per heavy atom. The molecule has 2 heterocycles. The second-order valence-corrected chi connectivity index (χ2v) is 6.90. The number of aryl methyl sites for hydroxylation is 1. The van der Waals surface area contributed by atoms with Gasteiger partial charge < -0.3 is 9.30 Å². The molecule has 9 heteroatoms. The third-order valence-corrected chi connectivity index (χ3v) is 4.85. The maximum absolute atomic E-state index is 13.6. The van der Waals surface area contributed by atoms with Crippen LogP contribution in [0.5, 0.6) is 0 Å². The largest absolute Gasteiger partial charge is 0.454 e. The first-order chi connectivity index (χ1) is 14.9. The molecule has 0 fully saturated rings. The zero-order chi connectivity index (χ0) is 22.0. The van der Waals surface area contributed by atoms with Gasteiger partial charge in [0.25, 0.3) is 0 Å². The van der Waals surface area contributed by atoms with Gasteiger partial charge in [0.1, 0.15) is 12.1 Å². The second kappa shape index (κ2) is 8.31. The van der Waals surface area contributed by atoms with Gasteiger partial charge in [-0.3, -0.25) is 4.79 Å². The molecule has 0 saturated heterocycles. The predicted octanol–water partition coefficient (Wildman–Crippen LogP) is 3.25. The van der Waals surface area contributed by atoms with Gasteiger partial charge in [0.2, 0.25) is 5.78 Å². The average molecular weight is 419 g/mol. The molecule has 0 bridgehead atoms. The number of carbonyl (C=O) groups excluding carboxylic acids is 2. The Morgan fingerprint density at radius 1 is 1.03 bits per heavy atom. The quantitative estimate of drug-likeness (QED) is 0.352. The number of ether oxygens (including phenoxy) is 1. The molecule has 0 aliphatic heterocycles. The highest BCUT2D eigenvalue weighted by molar-refractivity contribution is 6.00. The lowest BCUT2D eigenvalue weighted by molar-refractivity contribution is 0.0474. The molecule has 0 N–H and O–H groups in total. The fraction of sp³-hybridized carbons (Fsp3) is 0.136. The molecule has 0 spiro atoms. The lowest BCUT2D eigenvalue weighted by atomic mass is 10.1. The summed E-state index contributed by atoms with van der Waals surface area (Å²) in [5.74, 6) is -1.32. The van der Waals surface area contributed by atoms with E-state index in [1.54, 1.807) is 54.0 Å². The predicted molar refractivity (Wildman–Crippen MR) is 109 cm³/mol. The molecule has 0 saturated carbocycles. The summed E-state index contributed by atoms with van der Waals surface area (Å²) >= 11 is 0. The van der Waals surface area contributed by atoms with Crippen molar-refractivity contribution >= 4 is 11.8 Å². The molecule has 2 aromatic heterocycles. The minimum Gasteiger partial charge on any atom is -0.454 e. The molecule has 0 aliphatic rings. The molecule has 8 nitrogen and oxygen atoms in total. The van der Waals surface area contributed by atoms with Crippen LogP contribution in [0, 0.1) is 19.7 Å². The van der Waals surface area contributed by atoms with Crippen molar-refractivity contribution in [2.24, 2.45) is 0 Å². The first kappa shape index (κ1) is 20.1. The summed E-state index contributed by atoms with van der Waals surface area (Å²) in [7, 11) is 0. The summed E-state index contributed by atoms with van der Waals surface area (Å²) in [4.78, 5) is 25.0. The van der Waals surface area contributed by atoms with E-state index in [1.807, 2.05) is 6.92 Å². The van der Waals surface area contributed by atoms with Crippen molar-refractivity contribution in [3.8, 4) is 11.4 Å². The number of tetrazole rings is 1. The lowest BCUT2D eigenvalue weighted by Crippen LogP contribution is -2.15. The van der Waals surface area contributed by atoms with Crippen LogP contribution in [-0.4, -0.2) is 43.1 Å². The summed E-state index contributed by atoms with van der Waals surface area (Å²) in [5, 5.41) is 10.9. The zero-order valence-electron chi connectivity index (χ0n) is 16.8. The molecule has 4 rings (SSSR count). The highest BCUT2D eigenvalue weighted by Crippen LogP contribution is 2.22. The third-order valence-electron chi connectivity index (χ3n) is 4.85. The molecule has 0 radical (unpaired) electrons. The van der Waals surface area contributed by atoms with Crippen molar-refractivity contribution in [3.05, 3.63) is 89.3 Å². The molecule has 4 aromatic rings. The van der Waals surface area contributed by atoms with Gasteiger partial charge in [-0.15, -0.1) is 5.10 Å². The van der Waals surface area contributed by atoms with Crippen LogP contribution in [0.2, 0.25) is 0 Å². The standard InChI is InChI=1S/C22H18FN5O3/c1-14-10-20(15(2)28(14)19-5-3-4-17(23)11-19)21(29)12-31-22(30)16-6-8-18(9-7-16)27-13-24-25-26-27/h3-11,13H,12H2,1-2H3. The van der Waals surface area contributed by atoms with Crippen molar-refractivity contribution in [3.63, 3.8) is 0 Å². The lowest BCUT2D eigenvalue weighted by Gasteiger charge is -2.10. The van der Waals surface area contributed by atoms with E-state index in [1.165, 1.54) is 23.1 Å². The second-order valence-electron chi connectivity index (χ2n) is 6.90. The van der Waals surface area contributed by atoms with Crippen LogP contribution >= 0.6 is 0 Å². The Kier molecular flexibility index (Phi) is 5.40. The zero-order valence-corrected chi connectivity index (χ0v) is 16.8. The molecule has 0 aliphatic carbocycles. The van der Waals surface area contributed by atoms with Gasteiger partial charge in [0.15, 0.2) is 6.61 Å². The number of halogens is 1. The van der Waals surface area contributed by atoms with Gasteiger partial charge in [0.05, 0.1) is 11.3 Å². The molecule has 2 aromatic carbocycles. The minimum absolute atomic E-state index is 0.301. The Labute approximate surface area is 176 Å². The van der Waals surface area contributed by atoms with Crippen LogP contribution in [-0.2, 0) is 4.74 Å². The van der Waals surface area contributed by atoms with Crippen LogP contribution in [0.1, 0.15) is 32.1 Å². The average Bonchev–Trinajstić information content (AvgIpc) is 3.40. The maximum Gasteiger partial charge on any atom is 0.338 e. The van der Waals surface area contributed by atoms with Crippen molar-refractivity contribution < 1.29 is 18.7 Å². The highest BCUT2D eigenvalue weighted by atomic mass is 19.1. The summed E-state index contributed by atoms with van der Waals surface area (Å²) in [6, 6.07) is 14.3. The topological polar surface area (TPSA) is 91.9 Å². The number of hydrogen-bond acceptors (Lipinski definition) is 6. The SMILES string of the molecule is Cc1cc(C(=O)COC(=O)c2ccc(-n3cnnn3)cc2)c(C)n1-c1cccc(F)c1. The molecule has 31 heavy (non-hydrogen) atoms. The number of carbonyl (C=O) groups is 2. The van der Waals surface area contributed by atoms with Gasteiger partial charge in [0, 0.05) is 22.6 Å². The normalized spacial score (nSPS) is 10.8. The molecule has 156 valence electrons. The van der Waals surface area contributed by atoms with Gasteiger partial charge in [-0.2, -0.15) is 0 Å². The summed E-state index contributed by atoms with van der Waals surface area (Å²) in [6.07, 6.45) is 1.44. The van der Waals surface area contributed by atoms with Gasteiger partial charge in [-0.25, -0.2) is 13.9 Å².